The number of aromatic nitrogens is 1. The molecule has 1 saturated heterocycles. The highest BCUT2D eigenvalue weighted by Crippen LogP contribution is 2.31. The van der Waals surface area contributed by atoms with Crippen LogP contribution < -0.4 is 0 Å². The number of ether oxygens (including phenoxy) is 1. The topological polar surface area (TPSA) is 99.8 Å². The minimum atomic E-state index is -3.95. The van der Waals surface area contributed by atoms with E-state index in [2.05, 4.69) is 4.98 Å². The van der Waals surface area contributed by atoms with Crippen LogP contribution in [0.1, 0.15) is 34.5 Å². The zero-order valence-corrected chi connectivity index (χ0v) is 20.1. The lowest BCUT2D eigenvalue weighted by Gasteiger charge is -2.35. The van der Waals surface area contributed by atoms with Crippen LogP contribution in [-0.4, -0.2) is 61.2 Å². The molecule has 35 heavy (non-hydrogen) atoms. The van der Waals surface area contributed by atoms with E-state index in [1.54, 1.807) is 12.1 Å². The van der Waals surface area contributed by atoms with E-state index in [9.17, 15) is 22.4 Å². The highest BCUT2D eigenvalue weighted by molar-refractivity contribution is 7.89. The molecule has 10 heteroatoms. The van der Waals surface area contributed by atoms with Crippen molar-refractivity contribution in [3.8, 4) is 0 Å². The summed E-state index contributed by atoms with van der Waals surface area (Å²) < 4.78 is 45.9. The number of piperidine rings is 1. The van der Waals surface area contributed by atoms with Crippen molar-refractivity contribution in [1.82, 2.24) is 14.2 Å². The predicted molar refractivity (Wildman–Crippen MR) is 127 cm³/mol. The number of methoxy groups -OCH3 is 1. The number of halogens is 1. The maximum atomic E-state index is 14.1. The summed E-state index contributed by atoms with van der Waals surface area (Å²) in [5, 5.41) is 0.895. The summed E-state index contributed by atoms with van der Waals surface area (Å²) in [6.07, 6.45) is 1.44. The highest BCUT2D eigenvalue weighted by Gasteiger charge is 2.36. The van der Waals surface area contributed by atoms with E-state index in [0.29, 0.717) is 37.9 Å². The Hall–Kier alpha value is -3.24. The molecule has 1 N–H and O–H groups in total. The van der Waals surface area contributed by atoms with Gasteiger partial charge in [0, 0.05) is 60.7 Å². The van der Waals surface area contributed by atoms with Crippen LogP contribution in [-0.2, 0) is 32.5 Å². The van der Waals surface area contributed by atoms with E-state index in [4.69, 9.17) is 4.74 Å². The number of amides is 1. The Kier molecular flexibility index (Phi) is 6.10. The lowest BCUT2D eigenvalue weighted by atomic mass is 9.94. The number of hydrogen-bond acceptors (Lipinski definition) is 5. The van der Waals surface area contributed by atoms with E-state index >= 15 is 0 Å². The van der Waals surface area contributed by atoms with Crippen molar-refractivity contribution in [2.24, 2.45) is 5.92 Å². The summed E-state index contributed by atoms with van der Waals surface area (Å²) in [7, 11) is -2.61. The molecule has 5 rings (SSSR count). The summed E-state index contributed by atoms with van der Waals surface area (Å²) >= 11 is 0. The number of carbonyl (C=O) groups is 2. The van der Waals surface area contributed by atoms with E-state index in [1.165, 1.54) is 29.6 Å². The van der Waals surface area contributed by atoms with Gasteiger partial charge in [-0.2, -0.15) is 4.31 Å². The Bertz CT molecular complexity index is 1410. The van der Waals surface area contributed by atoms with Gasteiger partial charge in [0.05, 0.1) is 12.7 Å². The number of sulfonamides is 1. The Balaban J connectivity index is 1.29. The predicted octanol–water partition coefficient (Wildman–Crippen LogP) is 3.08. The number of rotatable bonds is 4. The average molecular weight is 500 g/mol. The van der Waals surface area contributed by atoms with Crippen molar-refractivity contribution in [2.45, 2.75) is 30.7 Å². The highest BCUT2D eigenvalue weighted by atomic mass is 32.2. The number of H-pyrrole nitrogens is 1. The maximum absolute atomic E-state index is 14.1. The van der Waals surface area contributed by atoms with E-state index in [1.807, 2.05) is 11.0 Å². The number of hydrogen-bond donors (Lipinski definition) is 1. The largest absolute Gasteiger partial charge is 0.465 e. The average Bonchev–Trinajstić information content (AvgIpc) is 3.25. The smallest absolute Gasteiger partial charge is 0.337 e. The van der Waals surface area contributed by atoms with Crippen LogP contribution in [0.4, 0.5) is 4.39 Å². The lowest BCUT2D eigenvalue weighted by molar-refractivity contribution is -0.137. The second-order valence-corrected chi connectivity index (χ2v) is 10.9. The number of carbonyl (C=O) groups excluding carboxylic acids is 2. The molecule has 1 amide bonds. The van der Waals surface area contributed by atoms with Crippen molar-refractivity contribution in [1.29, 1.82) is 0 Å². The fraction of sp³-hybridized carbons (Fsp3) is 0.360. The molecule has 3 heterocycles. The van der Waals surface area contributed by atoms with Crippen molar-refractivity contribution in [2.75, 3.05) is 26.7 Å². The van der Waals surface area contributed by atoms with E-state index in [0.717, 1.165) is 28.2 Å². The van der Waals surface area contributed by atoms with Crippen molar-refractivity contribution < 1.29 is 27.1 Å². The van der Waals surface area contributed by atoms with Gasteiger partial charge in [0.25, 0.3) is 0 Å². The molecule has 1 fully saturated rings. The fourth-order valence-corrected chi connectivity index (χ4v) is 6.58. The van der Waals surface area contributed by atoms with E-state index in [-0.39, 0.29) is 29.8 Å². The Morgan fingerprint density at radius 1 is 1.09 bits per heavy atom. The molecule has 0 radical (unpaired) electrons. The van der Waals surface area contributed by atoms with Gasteiger partial charge in [-0.05, 0) is 43.2 Å². The van der Waals surface area contributed by atoms with Crippen LogP contribution in [0.15, 0.2) is 47.4 Å². The molecule has 0 atom stereocenters. The molecule has 0 saturated carbocycles. The summed E-state index contributed by atoms with van der Waals surface area (Å²) in [5.41, 5.74) is 3.40. The van der Waals surface area contributed by atoms with Crippen molar-refractivity contribution >= 4 is 32.8 Å². The molecule has 184 valence electrons. The third-order valence-corrected chi connectivity index (χ3v) is 8.90. The molecule has 0 aliphatic carbocycles. The first-order valence-electron chi connectivity index (χ1n) is 11.5. The SMILES string of the molecule is COC(=O)c1ccc2[nH]c3c(c2c1)CN(C(=O)C1CCN(S(=O)(=O)c2ccccc2F)CC1)CC3. The van der Waals surface area contributed by atoms with Gasteiger partial charge in [-0.25, -0.2) is 17.6 Å². The van der Waals surface area contributed by atoms with Gasteiger partial charge in [-0.1, -0.05) is 12.1 Å². The third-order valence-electron chi connectivity index (χ3n) is 6.97. The third kappa shape index (κ3) is 4.21. The van der Waals surface area contributed by atoms with Crippen LogP contribution in [0, 0.1) is 11.7 Å². The molecule has 2 aliphatic heterocycles. The van der Waals surface area contributed by atoms with Crippen molar-refractivity contribution in [3.63, 3.8) is 0 Å². The Morgan fingerprint density at radius 2 is 1.83 bits per heavy atom. The fourth-order valence-electron chi connectivity index (χ4n) is 5.04. The zero-order valence-electron chi connectivity index (χ0n) is 19.3. The number of benzene rings is 2. The van der Waals surface area contributed by atoms with Crippen LogP contribution in [0.2, 0.25) is 0 Å². The first-order chi connectivity index (χ1) is 16.8. The van der Waals surface area contributed by atoms with Gasteiger partial charge < -0.3 is 14.6 Å². The standard InChI is InChI=1S/C25H26FN3O5S/c1-34-25(31)17-6-7-21-18(14-17)19-15-28(11-10-22(19)27-21)24(30)16-8-12-29(13-9-16)35(32,33)23-5-3-2-4-20(23)26/h2-7,14,16,27H,8-13,15H2,1H3. The molecular weight excluding hydrogens is 473 g/mol. The lowest BCUT2D eigenvalue weighted by Crippen LogP contribution is -2.45. The van der Waals surface area contributed by atoms with Crippen molar-refractivity contribution in [3.05, 3.63) is 65.1 Å². The number of nitrogens with zero attached hydrogens (tertiary/aromatic N) is 2. The summed E-state index contributed by atoms with van der Waals surface area (Å²) in [4.78, 5) is 30.2. The van der Waals surface area contributed by atoms with Gasteiger partial charge in [-0.15, -0.1) is 0 Å². The van der Waals surface area contributed by atoms with Crippen LogP contribution in [0.5, 0.6) is 0 Å². The number of fused-ring (bicyclic) bond motifs is 3. The van der Waals surface area contributed by atoms with Gasteiger partial charge >= 0.3 is 5.97 Å². The van der Waals surface area contributed by atoms with Crippen LogP contribution >= 0.6 is 0 Å². The summed E-state index contributed by atoms with van der Waals surface area (Å²) in [6, 6.07) is 10.7. The molecule has 2 aromatic carbocycles. The summed E-state index contributed by atoms with van der Waals surface area (Å²) in [6.45, 7) is 1.33. The zero-order chi connectivity index (χ0) is 24.7. The molecule has 8 nitrogen and oxygen atoms in total. The second-order valence-electron chi connectivity index (χ2n) is 8.95. The summed E-state index contributed by atoms with van der Waals surface area (Å²) in [5.74, 6) is -1.48. The van der Waals surface area contributed by atoms with Crippen LogP contribution in [0.25, 0.3) is 10.9 Å². The van der Waals surface area contributed by atoms with Gasteiger partial charge in [0.15, 0.2) is 0 Å². The molecule has 0 bridgehead atoms. The van der Waals surface area contributed by atoms with E-state index < -0.39 is 21.8 Å². The number of aromatic amines is 1. The molecule has 1 aromatic heterocycles. The first kappa shape index (κ1) is 23.5. The molecule has 0 spiro atoms. The van der Waals surface area contributed by atoms with Gasteiger partial charge in [0.2, 0.25) is 15.9 Å². The Labute approximate surface area is 202 Å². The maximum Gasteiger partial charge on any atom is 0.337 e. The molecule has 0 unspecified atom stereocenters. The number of esters is 1. The quantitative estimate of drug-likeness (QED) is 0.556. The first-order valence-corrected chi connectivity index (χ1v) is 13.0. The monoisotopic (exact) mass is 499 g/mol. The minimum absolute atomic E-state index is 0.00272. The molecular formula is C25H26FN3O5S. The minimum Gasteiger partial charge on any atom is -0.465 e. The van der Waals surface area contributed by atoms with Gasteiger partial charge in [0.1, 0.15) is 10.7 Å². The molecule has 3 aromatic rings. The molecule has 2 aliphatic rings. The van der Waals surface area contributed by atoms with Crippen LogP contribution in [0.3, 0.4) is 0 Å². The second kappa shape index (κ2) is 9.09. The normalized spacial score (nSPS) is 17.4. The Morgan fingerprint density at radius 3 is 2.54 bits per heavy atom. The number of nitrogens with one attached hydrogen (secondary N) is 1. The van der Waals surface area contributed by atoms with Gasteiger partial charge in [-0.3, -0.25) is 4.79 Å².